The van der Waals surface area contributed by atoms with E-state index in [1.807, 2.05) is 43.3 Å². The number of ether oxygens (including phenoxy) is 2. The van der Waals surface area contributed by atoms with Crippen LogP contribution in [0.4, 0.5) is 0 Å². The third-order valence-electron chi connectivity index (χ3n) is 8.11. The Balaban J connectivity index is 1.03. The van der Waals surface area contributed by atoms with Gasteiger partial charge in [0.2, 0.25) is 5.88 Å². The highest BCUT2D eigenvalue weighted by molar-refractivity contribution is 5.89. The van der Waals surface area contributed by atoms with Crippen LogP contribution in [0.3, 0.4) is 0 Å². The van der Waals surface area contributed by atoms with Crippen molar-refractivity contribution in [2.45, 2.75) is 45.6 Å². The lowest BCUT2D eigenvalue weighted by atomic mass is 10.0. The fourth-order valence-corrected chi connectivity index (χ4v) is 5.76. The maximum Gasteiger partial charge on any atom is 0.214 e. The van der Waals surface area contributed by atoms with Crippen LogP contribution in [0.25, 0.3) is 27.6 Å². The van der Waals surface area contributed by atoms with E-state index in [0.29, 0.717) is 23.6 Å². The van der Waals surface area contributed by atoms with E-state index in [9.17, 15) is 5.26 Å². The maximum atomic E-state index is 9.46. The van der Waals surface area contributed by atoms with Crippen LogP contribution in [-0.2, 0) is 24.4 Å². The van der Waals surface area contributed by atoms with E-state index in [4.69, 9.17) is 23.9 Å². The molecule has 41 heavy (non-hydrogen) atoms. The SMILES string of the molecule is Cc1coc2c(COc3cccc(C4=CCN(Cc5nc6ccccc6n5C[C@@H]5CCO5)CC4)n3)ccc(C#N)c12. The highest BCUT2D eigenvalue weighted by Crippen LogP contribution is 2.29. The molecule has 3 aromatic heterocycles. The summed E-state index contributed by atoms with van der Waals surface area (Å²) < 4.78 is 19.9. The molecule has 1 saturated heterocycles. The summed E-state index contributed by atoms with van der Waals surface area (Å²) in [5.41, 5.74) is 7.53. The first-order valence-electron chi connectivity index (χ1n) is 14.1. The van der Waals surface area contributed by atoms with Crippen LogP contribution in [0, 0.1) is 18.3 Å². The third kappa shape index (κ3) is 4.99. The number of nitrogens with zero attached hydrogens (tertiary/aromatic N) is 5. The Labute approximate surface area is 238 Å². The number of para-hydroxylation sites is 2. The summed E-state index contributed by atoms with van der Waals surface area (Å²) in [5.74, 6) is 1.66. The van der Waals surface area contributed by atoms with Crippen LogP contribution in [-0.4, -0.2) is 45.2 Å². The van der Waals surface area contributed by atoms with E-state index >= 15 is 0 Å². The molecule has 5 heterocycles. The van der Waals surface area contributed by atoms with Gasteiger partial charge >= 0.3 is 0 Å². The summed E-state index contributed by atoms with van der Waals surface area (Å²) in [5, 5.41) is 10.3. The monoisotopic (exact) mass is 545 g/mol. The molecule has 8 heteroatoms. The fraction of sp³-hybridized carbons (Fsp3) is 0.303. The smallest absolute Gasteiger partial charge is 0.214 e. The van der Waals surface area contributed by atoms with Crippen LogP contribution in [0.2, 0.25) is 0 Å². The van der Waals surface area contributed by atoms with Gasteiger partial charge < -0.3 is 18.5 Å². The molecule has 1 fully saturated rings. The molecule has 8 nitrogen and oxygen atoms in total. The largest absolute Gasteiger partial charge is 0.473 e. The second-order valence-electron chi connectivity index (χ2n) is 10.8. The summed E-state index contributed by atoms with van der Waals surface area (Å²) >= 11 is 0. The molecule has 7 rings (SSSR count). The number of benzene rings is 2. The zero-order valence-corrected chi connectivity index (χ0v) is 23.0. The standard InChI is InChI=1S/C33H31N5O3/c1-22-20-41-33-25(10-9-24(17-34)32(22)33)21-40-31-8-4-6-27(36-31)23-11-14-37(15-12-23)19-30-35-28-5-2-3-7-29(28)38(30)18-26-13-16-39-26/h2-11,20,26H,12-16,18-19,21H2,1H3/t26-/m0/s1. The van der Waals surface area contributed by atoms with Crippen molar-refractivity contribution in [2.24, 2.45) is 0 Å². The van der Waals surface area contributed by atoms with Crippen LogP contribution >= 0.6 is 0 Å². The summed E-state index contributed by atoms with van der Waals surface area (Å²) in [6.07, 6.45) is 6.26. The molecule has 2 aliphatic rings. The number of nitriles is 1. The minimum Gasteiger partial charge on any atom is -0.473 e. The van der Waals surface area contributed by atoms with E-state index in [1.165, 1.54) is 11.1 Å². The molecule has 1 atom stereocenters. The van der Waals surface area contributed by atoms with Gasteiger partial charge in [-0.05, 0) is 55.2 Å². The average molecular weight is 546 g/mol. The Kier molecular flexibility index (Phi) is 6.75. The predicted molar refractivity (Wildman–Crippen MR) is 156 cm³/mol. The molecule has 0 aliphatic carbocycles. The average Bonchev–Trinajstić information content (AvgIpc) is 3.54. The Morgan fingerprint density at radius 1 is 1.10 bits per heavy atom. The molecule has 2 aromatic carbocycles. The molecule has 0 unspecified atom stereocenters. The molecule has 5 aromatic rings. The lowest BCUT2D eigenvalue weighted by molar-refractivity contribution is -0.0591. The van der Waals surface area contributed by atoms with Crippen LogP contribution in [0.15, 0.2) is 71.4 Å². The second-order valence-corrected chi connectivity index (χ2v) is 10.8. The fourth-order valence-electron chi connectivity index (χ4n) is 5.76. The van der Waals surface area contributed by atoms with Gasteiger partial charge in [0, 0.05) is 36.7 Å². The number of pyridine rings is 1. The van der Waals surface area contributed by atoms with Gasteiger partial charge in [0.1, 0.15) is 18.0 Å². The van der Waals surface area contributed by atoms with Crippen molar-refractivity contribution < 1.29 is 13.9 Å². The zero-order valence-electron chi connectivity index (χ0n) is 23.0. The van der Waals surface area contributed by atoms with Gasteiger partial charge in [0.15, 0.2) is 0 Å². The van der Waals surface area contributed by atoms with Gasteiger partial charge in [0.25, 0.3) is 0 Å². The van der Waals surface area contributed by atoms with Crippen molar-refractivity contribution in [3.8, 4) is 11.9 Å². The lowest BCUT2D eigenvalue weighted by Crippen LogP contribution is -2.33. The number of imidazole rings is 1. The summed E-state index contributed by atoms with van der Waals surface area (Å²) in [6.45, 7) is 6.54. The molecule has 0 amide bonds. The summed E-state index contributed by atoms with van der Waals surface area (Å²) in [7, 11) is 0. The highest BCUT2D eigenvalue weighted by atomic mass is 16.5. The van der Waals surface area contributed by atoms with Crippen molar-refractivity contribution in [1.29, 1.82) is 5.26 Å². The Morgan fingerprint density at radius 2 is 2.00 bits per heavy atom. The minimum absolute atomic E-state index is 0.283. The third-order valence-corrected chi connectivity index (χ3v) is 8.11. The summed E-state index contributed by atoms with van der Waals surface area (Å²) in [4.78, 5) is 12.2. The molecule has 2 aliphatic heterocycles. The molecule has 206 valence electrons. The number of hydrogen-bond acceptors (Lipinski definition) is 7. The Hall–Kier alpha value is -4.45. The first-order chi connectivity index (χ1) is 20.2. The first-order valence-corrected chi connectivity index (χ1v) is 14.1. The van der Waals surface area contributed by atoms with Gasteiger partial charge in [-0.15, -0.1) is 0 Å². The minimum atomic E-state index is 0.283. The van der Waals surface area contributed by atoms with Crippen molar-refractivity contribution in [1.82, 2.24) is 19.4 Å². The molecular formula is C33H31N5O3. The topological polar surface area (TPSA) is 89.3 Å². The number of aromatic nitrogens is 3. The lowest BCUT2D eigenvalue weighted by Gasteiger charge is -2.29. The van der Waals surface area contributed by atoms with Crippen molar-refractivity contribution >= 4 is 27.6 Å². The van der Waals surface area contributed by atoms with E-state index in [2.05, 4.69) is 39.8 Å². The van der Waals surface area contributed by atoms with Crippen LogP contribution < -0.4 is 4.74 Å². The van der Waals surface area contributed by atoms with Crippen molar-refractivity contribution in [3.05, 3.63) is 95.1 Å². The van der Waals surface area contributed by atoms with E-state index in [-0.39, 0.29) is 6.10 Å². The Morgan fingerprint density at radius 3 is 2.80 bits per heavy atom. The van der Waals surface area contributed by atoms with E-state index < -0.39 is 0 Å². The van der Waals surface area contributed by atoms with E-state index in [0.717, 1.165) is 79.2 Å². The first kappa shape index (κ1) is 25.5. The van der Waals surface area contributed by atoms with Gasteiger partial charge in [-0.3, -0.25) is 4.90 Å². The number of furan rings is 1. The quantitative estimate of drug-likeness (QED) is 0.236. The molecular weight excluding hydrogens is 514 g/mol. The normalized spacial score (nSPS) is 17.4. The van der Waals surface area contributed by atoms with Gasteiger partial charge in [0.05, 0.1) is 53.8 Å². The van der Waals surface area contributed by atoms with Gasteiger partial charge in [-0.2, -0.15) is 5.26 Å². The van der Waals surface area contributed by atoms with Crippen LogP contribution in [0.5, 0.6) is 5.88 Å². The maximum absolute atomic E-state index is 9.46. The van der Waals surface area contributed by atoms with Crippen molar-refractivity contribution in [2.75, 3.05) is 19.7 Å². The molecule has 0 bridgehead atoms. The predicted octanol–water partition coefficient (Wildman–Crippen LogP) is 6.01. The van der Waals surface area contributed by atoms with Gasteiger partial charge in [-0.1, -0.05) is 30.3 Å². The molecule has 0 N–H and O–H groups in total. The number of hydrogen-bond donors (Lipinski definition) is 0. The number of aryl methyl sites for hydroxylation is 1. The van der Waals surface area contributed by atoms with Crippen LogP contribution in [0.1, 0.15) is 41.1 Å². The highest BCUT2D eigenvalue weighted by Gasteiger charge is 2.23. The number of fused-ring (bicyclic) bond motifs is 2. The second kappa shape index (κ2) is 10.8. The van der Waals surface area contributed by atoms with Gasteiger partial charge in [-0.25, -0.2) is 9.97 Å². The Bertz CT molecular complexity index is 1810. The van der Waals surface area contributed by atoms with Crippen molar-refractivity contribution in [3.63, 3.8) is 0 Å². The molecule has 0 spiro atoms. The summed E-state index contributed by atoms with van der Waals surface area (Å²) in [6, 6.07) is 20.2. The molecule has 0 saturated carbocycles. The van der Waals surface area contributed by atoms with E-state index in [1.54, 1.807) is 6.26 Å². The number of rotatable bonds is 8. The molecule has 0 radical (unpaired) electrons. The zero-order chi connectivity index (χ0) is 27.8.